The summed E-state index contributed by atoms with van der Waals surface area (Å²) in [5.41, 5.74) is 4.66. The summed E-state index contributed by atoms with van der Waals surface area (Å²) in [6.07, 6.45) is 6.35. The lowest BCUT2D eigenvalue weighted by molar-refractivity contribution is 0.0610. The first-order valence-electron chi connectivity index (χ1n) is 6.95. The summed E-state index contributed by atoms with van der Waals surface area (Å²) in [5.74, 6) is 0. The summed E-state index contributed by atoms with van der Waals surface area (Å²) >= 11 is 3.56. The minimum atomic E-state index is -0.914. The Morgan fingerprint density at radius 1 is 1.20 bits per heavy atom. The molecule has 0 amide bonds. The molecule has 0 radical (unpaired) electrons. The van der Waals surface area contributed by atoms with Gasteiger partial charge in [-0.1, -0.05) is 18.2 Å². The van der Waals surface area contributed by atoms with Crippen LogP contribution in [0.25, 0.3) is 0 Å². The summed E-state index contributed by atoms with van der Waals surface area (Å²) in [6.45, 7) is 4.18. The first-order chi connectivity index (χ1) is 9.52. The second-order valence-corrected chi connectivity index (χ2v) is 6.51. The van der Waals surface area contributed by atoms with Gasteiger partial charge in [-0.25, -0.2) is 0 Å². The molecule has 1 aliphatic rings. The molecule has 0 fully saturated rings. The highest BCUT2D eigenvalue weighted by Crippen LogP contribution is 2.42. The summed E-state index contributed by atoms with van der Waals surface area (Å²) < 4.78 is 0.997. The van der Waals surface area contributed by atoms with Crippen molar-refractivity contribution in [3.8, 4) is 0 Å². The van der Waals surface area contributed by atoms with E-state index < -0.39 is 5.60 Å². The van der Waals surface area contributed by atoms with Crippen molar-refractivity contribution in [2.24, 2.45) is 0 Å². The van der Waals surface area contributed by atoms with E-state index in [0.717, 1.165) is 34.9 Å². The van der Waals surface area contributed by atoms with Crippen molar-refractivity contribution in [1.82, 2.24) is 4.98 Å². The van der Waals surface area contributed by atoms with E-state index in [1.807, 2.05) is 18.5 Å². The van der Waals surface area contributed by atoms with E-state index in [-0.39, 0.29) is 0 Å². The predicted octanol–water partition coefficient (Wildman–Crippen LogP) is 4.03. The van der Waals surface area contributed by atoms with Crippen LogP contribution in [0.15, 0.2) is 35.1 Å². The number of hydrogen-bond acceptors (Lipinski definition) is 2. The topological polar surface area (TPSA) is 33.1 Å². The maximum atomic E-state index is 11.3. The molecule has 1 aromatic carbocycles. The quantitative estimate of drug-likeness (QED) is 0.855. The SMILES string of the molecule is Cc1ccc(C2(O)CCCc3c(Br)cncc32)cc1C. The van der Waals surface area contributed by atoms with E-state index in [2.05, 4.69) is 46.9 Å². The minimum Gasteiger partial charge on any atom is -0.380 e. The number of fused-ring (bicyclic) bond motifs is 1. The lowest BCUT2D eigenvalue weighted by Gasteiger charge is -2.35. The average molecular weight is 332 g/mol. The Hall–Kier alpha value is -1.19. The second kappa shape index (κ2) is 4.97. The standard InChI is InChI=1S/C17H18BrNO/c1-11-5-6-13(8-12(11)2)17(20)7-3-4-14-15(17)9-19-10-16(14)18/h5-6,8-10,20H,3-4,7H2,1-2H3. The maximum Gasteiger partial charge on any atom is 0.116 e. The van der Waals surface area contributed by atoms with Crippen molar-refractivity contribution in [2.45, 2.75) is 38.7 Å². The molecular formula is C17H18BrNO. The molecule has 1 atom stereocenters. The molecule has 0 spiro atoms. The van der Waals surface area contributed by atoms with Crippen LogP contribution in [-0.2, 0) is 12.0 Å². The monoisotopic (exact) mass is 331 g/mol. The fourth-order valence-corrected chi connectivity index (χ4v) is 3.56. The van der Waals surface area contributed by atoms with E-state index in [0.29, 0.717) is 0 Å². The third-order valence-corrected chi connectivity index (χ3v) is 5.08. The molecule has 1 unspecified atom stereocenters. The molecule has 3 heteroatoms. The van der Waals surface area contributed by atoms with Crippen molar-refractivity contribution < 1.29 is 5.11 Å². The van der Waals surface area contributed by atoms with Crippen LogP contribution >= 0.6 is 15.9 Å². The third-order valence-electron chi connectivity index (χ3n) is 4.40. The van der Waals surface area contributed by atoms with E-state index in [9.17, 15) is 5.11 Å². The zero-order chi connectivity index (χ0) is 14.3. The fraction of sp³-hybridized carbons (Fsp3) is 0.353. The van der Waals surface area contributed by atoms with Crippen molar-refractivity contribution in [2.75, 3.05) is 0 Å². The van der Waals surface area contributed by atoms with Crippen LogP contribution in [0.2, 0.25) is 0 Å². The summed E-state index contributed by atoms with van der Waals surface area (Å²) in [4.78, 5) is 4.25. The van der Waals surface area contributed by atoms with E-state index in [4.69, 9.17) is 0 Å². The van der Waals surface area contributed by atoms with Gasteiger partial charge in [0, 0.05) is 22.4 Å². The van der Waals surface area contributed by atoms with Crippen molar-refractivity contribution in [3.63, 3.8) is 0 Å². The number of rotatable bonds is 1. The molecule has 1 heterocycles. The first kappa shape index (κ1) is 13.8. The fourth-order valence-electron chi connectivity index (χ4n) is 3.03. The van der Waals surface area contributed by atoms with Gasteiger partial charge < -0.3 is 5.11 Å². The van der Waals surface area contributed by atoms with Crippen LogP contribution in [0.1, 0.15) is 40.7 Å². The Morgan fingerprint density at radius 2 is 2.00 bits per heavy atom. The number of nitrogens with zero attached hydrogens (tertiary/aromatic N) is 1. The summed E-state index contributed by atoms with van der Waals surface area (Å²) in [7, 11) is 0. The van der Waals surface area contributed by atoms with Crippen LogP contribution in [0, 0.1) is 13.8 Å². The van der Waals surface area contributed by atoms with Gasteiger partial charge >= 0.3 is 0 Å². The van der Waals surface area contributed by atoms with Gasteiger partial charge in [-0.3, -0.25) is 4.98 Å². The number of hydrogen-bond donors (Lipinski definition) is 1. The lowest BCUT2D eigenvalue weighted by atomic mass is 9.75. The molecule has 1 N–H and O–H groups in total. The number of pyridine rings is 1. The lowest BCUT2D eigenvalue weighted by Crippen LogP contribution is -2.32. The van der Waals surface area contributed by atoms with Crippen LogP contribution in [0.5, 0.6) is 0 Å². The molecule has 0 saturated carbocycles. The Bertz CT molecular complexity index is 668. The Labute approximate surface area is 128 Å². The van der Waals surface area contributed by atoms with E-state index in [1.165, 1.54) is 16.7 Å². The summed E-state index contributed by atoms with van der Waals surface area (Å²) in [6, 6.07) is 6.23. The number of aromatic nitrogens is 1. The average Bonchev–Trinajstić information content (AvgIpc) is 2.43. The van der Waals surface area contributed by atoms with Gasteiger partial charge in [-0.15, -0.1) is 0 Å². The van der Waals surface area contributed by atoms with E-state index in [1.54, 1.807) is 0 Å². The van der Waals surface area contributed by atoms with Crippen LogP contribution < -0.4 is 0 Å². The van der Waals surface area contributed by atoms with Crippen LogP contribution in [0.4, 0.5) is 0 Å². The molecule has 104 valence electrons. The highest BCUT2D eigenvalue weighted by atomic mass is 79.9. The smallest absolute Gasteiger partial charge is 0.116 e. The van der Waals surface area contributed by atoms with Crippen LogP contribution in [-0.4, -0.2) is 10.1 Å². The number of benzene rings is 1. The highest BCUT2D eigenvalue weighted by Gasteiger charge is 2.37. The van der Waals surface area contributed by atoms with E-state index >= 15 is 0 Å². The minimum absolute atomic E-state index is 0.751. The Balaban J connectivity index is 2.18. The molecule has 0 aliphatic heterocycles. The molecule has 0 bridgehead atoms. The van der Waals surface area contributed by atoms with Crippen LogP contribution in [0.3, 0.4) is 0 Å². The normalized spacial score (nSPS) is 21.6. The second-order valence-electron chi connectivity index (χ2n) is 5.66. The van der Waals surface area contributed by atoms with Gasteiger partial charge in [0.15, 0.2) is 0 Å². The molecule has 1 aliphatic carbocycles. The van der Waals surface area contributed by atoms with Crippen molar-refractivity contribution in [3.05, 3.63) is 62.9 Å². The maximum absolute atomic E-state index is 11.3. The molecule has 2 aromatic rings. The summed E-state index contributed by atoms with van der Waals surface area (Å²) in [5, 5.41) is 11.3. The zero-order valence-corrected chi connectivity index (χ0v) is 13.4. The predicted molar refractivity (Wildman–Crippen MR) is 83.8 cm³/mol. The van der Waals surface area contributed by atoms with Crippen molar-refractivity contribution in [1.29, 1.82) is 0 Å². The molecule has 0 saturated heterocycles. The number of halogens is 1. The van der Waals surface area contributed by atoms with Gasteiger partial charge in [-0.05, 0) is 71.3 Å². The largest absolute Gasteiger partial charge is 0.380 e. The van der Waals surface area contributed by atoms with Crippen molar-refractivity contribution >= 4 is 15.9 Å². The van der Waals surface area contributed by atoms with Gasteiger partial charge in [0.1, 0.15) is 5.60 Å². The molecule has 2 nitrogen and oxygen atoms in total. The zero-order valence-electron chi connectivity index (χ0n) is 11.8. The molecule has 1 aromatic heterocycles. The van der Waals surface area contributed by atoms with Gasteiger partial charge in [0.25, 0.3) is 0 Å². The molecule has 3 rings (SSSR count). The van der Waals surface area contributed by atoms with Gasteiger partial charge in [0.2, 0.25) is 0 Å². The Morgan fingerprint density at radius 3 is 2.75 bits per heavy atom. The Kier molecular flexibility index (Phi) is 3.43. The third kappa shape index (κ3) is 2.09. The number of aliphatic hydroxyl groups is 1. The molecule has 20 heavy (non-hydrogen) atoms. The van der Waals surface area contributed by atoms with Gasteiger partial charge in [0.05, 0.1) is 0 Å². The number of aryl methyl sites for hydroxylation is 2. The highest BCUT2D eigenvalue weighted by molar-refractivity contribution is 9.10. The first-order valence-corrected chi connectivity index (χ1v) is 7.74. The molecular weight excluding hydrogens is 314 g/mol. The van der Waals surface area contributed by atoms with Gasteiger partial charge in [-0.2, -0.15) is 0 Å².